The summed E-state index contributed by atoms with van der Waals surface area (Å²) in [6.45, 7) is 1.67. The number of para-hydroxylation sites is 1. The number of hydrogen-bond acceptors (Lipinski definition) is 5. The molecule has 0 spiro atoms. The number of carbonyl (C=O) groups excluding carboxylic acids is 2. The Hall–Kier alpha value is -3.42. The highest BCUT2D eigenvalue weighted by Crippen LogP contribution is 2.31. The average molecular weight is 341 g/mol. The van der Waals surface area contributed by atoms with Crippen molar-refractivity contribution < 1.29 is 19.2 Å². The van der Waals surface area contributed by atoms with Gasteiger partial charge in [-0.1, -0.05) is 18.2 Å². The number of non-ortho nitro benzene ring substituents is 1. The van der Waals surface area contributed by atoms with Gasteiger partial charge >= 0.3 is 0 Å². The zero-order valence-electron chi connectivity index (χ0n) is 13.3. The van der Waals surface area contributed by atoms with Gasteiger partial charge in [0.15, 0.2) is 6.61 Å². The molecule has 2 N–H and O–H groups in total. The number of nitro benzene ring substituents is 1. The maximum atomic E-state index is 12.6. The summed E-state index contributed by atoms with van der Waals surface area (Å²) in [7, 11) is 0. The van der Waals surface area contributed by atoms with Crippen LogP contribution in [0.1, 0.15) is 17.2 Å². The molecule has 0 saturated carbocycles. The van der Waals surface area contributed by atoms with Gasteiger partial charge in [0, 0.05) is 23.4 Å². The van der Waals surface area contributed by atoms with Crippen molar-refractivity contribution in [2.24, 2.45) is 0 Å². The lowest BCUT2D eigenvalue weighted by Gasteiger charge is -2.18. The highest BCUT2D eigenvalue weighted by atomic mass is 16.6. The number of aryl methyl sites for hydroxylation is 1. The number of rotatable bonds is 3. The molecule has 8 heteroatoms. The van der Waals surface area contributed by atoms with Crippen LogP contribution in [0.2, 0.25) is 0 Å². The molecule has 3 rings (SSSR count). The third-order valence-corrected chi connectivity index (χ3v) is 3.81. The Morgan fingerprint density at radius 3 is 2.68 bits per heavy atom. The molecule has 0 saturated heterocycles. The molecule has 2 aromatic rings. The van der Waals surface area contributed by atoms with Crippen molar-refractivity contribution in [2.75, 3.05) is 11.9 Å². The Morgan fingerprint density at radius 1 is 1.28 bits per heavy atom. The van der Waals surface area contributed by atoms with Crippen LogP contribution in [0.4, 0.5) is 11.4 Å². The molecular weight excluding hydrogens is 326 g/mol. The van der Waals surface area contributed by atoms with Gasteiger partial charge in [-0.2, -0.15) is 0 Å². The van der Waals surface area contributed by atoms with Gasteiger partial charge < -0.3 is 15.4 Å². The summed E-state index contributed by atoms with van der Waals surface area (Å²) in [4.78, 5) is 34.7. The number of anilines is 1. The number of carbonyl (C=O) groups is 2. The van der Waals surface area contributed by atoms with Crippen molar-refractivity contribution in [1.29, 1.82) is 0 Å². The van der Waals surface area contributed by atoms with E-state index in [-0.39, 0.29) is 12.3 Å². The molecule has 0 aromatic heterocycles. The predicted molar refractivity (Wildman–Crippen MR) is 89.3 cm³/mol. The van der Waals surface area contributed by atoms with Crippen LogP contribution in [0.15, 0.2) is 42.5 Å². The molecule has 0 bridgehead atoms. The Balaban J connectivity index is 1.87. The van der Waals surface area contributed by atoms with Gasteiger partial charge in [0.25, 0.3) is 17.5 Å². The molecule has 0 fully saturated rings. The lowest BCUT2D eigenvalue weighted by atomic mass is 10.0. The van der Waals surface area contributed by atoms with Crippen LogP contribution in [0.25, 0.3) is 0 Å². The van der Waals surface area contributed by atoms with Crippen molar-refractivity contribution in [3.8, 4) is 5.75 Å². The number of hydrogen-bond donors (Lipinski definition) is 2. The standard InChI is InChI=1S/C17H15N3O5/c1-10-3-2-4-13-15(19-14(21)9-25-16(10)13)17(22)18-11-5-7-12(8-6-11)20(23)24/h2-8,15H,9H2,1H3,(H,18,22)(H,19,21). The van der Waals surface area contributed by atoms with Crippen LogP contribution >= 0.6 is 0 Å². The molecule has 8 nitrogen and oxygen atoms in total. The van der Waals surface area contributed by atoms with Crippen LogP contribution in [-0.4, -0.2) is 23.3 Å². The molecule has 0 aliphatic carbocycles. The number of nitrogens with zero attached hydrogens (tertiary/aromatic N) is 1. The second kappa shape index (κ2) is 6.60. The van der Waals surface area contributed by atoms with Gasteiger partial charge in [-0.25, -0.2) is 0 Å². The van der Waals surface area contributed by atoms with Gasteiger partial charge in [-0.05, 0) is 24.6 Å². The fraction of sp³-hybridized carbons (Fsp3) is 0.176. The van der Waals surface area contributed by atoms with E-state index in [0.717, 1.165) is 5.56 Å². The smallest absolute Gasteiger partial charge is 0.269 e. The van der Waals surface area contributed by atoms with E-state index in [1.807, 2.05) is 13.0 Å². The summed E-state index contributed by atoms with van der Waals surface area (Å²) >= 11 is 0. The summed E-state index contributed by atoms with van der Waals surface area (Å²) in [6, 6.07) is 9.87. The minimum atomic E-state index is -0.917. The van der Waals surface area contributed by atoms with Gasteiger partial charge in [0.2, 0.25) is 0 Å². The van der Waals surface area contributed by atoms with E-state index in [4.69, 9.17) is 4.74 Å². The summed E-state index contributed by atoms with van der Waals surface area (Å²) in [5.74, 6) is -0.358. The second-order valence-corrected chi connectivity index (χ2v) is 5.58. The molecule has 2 aromatic carbocycles. The first-order chi connectivity index (χ1) is 12.0. The maximum Gasteiger partial charge on any atom is 0.269 e. The molecule has 1 aliphatic rings. The van der Waals surface area contributed by atoms with Crippen LogP contribution in [0, 0.1) is 17.0 Å². The van der Waals surface area contributed by atoms with Gasteiger partial charge in [0.05, 0.1) is 4.92 Å². The molecule has 1 heterocycles. The number of nitro groups is 1. The first-order valence-corrected chi connectivity index (χ1v) is 7.52. The monoisotopic (exact) mass is 341 g/mol. The first-order valence-electron chi connectivity index (χ1n) is 7.52. The van der Waals surface area contributed by atoms with Crippen molar-refractivity contribution in [2.45, 2.75) is 13.0 Å². The van der Waals surface area contributed by atoms with Crippen molar-refractivity contribution >= 4 is 23.2 Å². The third kappa shape index (κ3) is 3.42. The molecule has 2 amide bonds. The van der Waals surface area contributed by atoms with Crippen LogP contribution in [-0.2, 0) is 9.59 Å². The van der Waals surface area contributed by atoms with Crippen LogP contribution in [0.3, 0.4) is 0 Å². The minimum absolute atomic E-state index is 0.0739. The van der Waals surface area contributed by atoms with E-state index in [9.17, 15) is 19.7 Å². The summed E-state index contributed by atoms with van der Waals surface area (Å²) in [5, 5.41) is 16.0. The summed E-state index contributed by atoms with van der Waals surface area (Å²) in [5.41, 5.74) is 1.70. The lowest BCUT2D eigenvalue weighted by molar-refractivity contribution is -0.384. The highest BCUT2D eigenvalue weighted by molar-refractivity contribution is 5.99. The van der Waals surface area contributed by atoms with Gasteiger partial charge in [0.1, 0.15) is 11.8 Å². The van der Waals surface area contributed by atoms with Crippen molar-refractivity contribution in [1.82, 2.24) is 5.32 Å². The zero-order chi connectivity index (χ0) is 18.0. The molecule has 0 radical (unpaired) electrons. The van der Waals surface area contributed by atoms with Crippen molar-refractivity contribution in [3.63, 3.8) is 0 Å². The predicted octanol–water partition coefficient (Wildman–Crippen LogP) is 2.09. The fourth-order valence-electron chi connectivity index (χ4n) is 2.61. The molecule has 128 valence electrons. The van der Waals surface area contributed by atoms with E-state index in [2.05, 4.69) is 10.6 Å². The molecular formula is C17H15N3O5. The van der Waals surface area contributed by atoms with Gasteiger partial charge in [-0.15, -0.1) is 0 Å². The first kappa shape index (κ1) is 16.4. The molecule has 1 unspecified atom stereocenters. The van der Waals surface area contributed by atoms with Crippen LogP contribution < -0.4 is 15.4 Å². The second-order valence-electron chi connectivity index (χ2n) is 5.58. The maximum absolute atomic E-state index is 12.6. The average Bonchev–Trinajstić information content (AvgIpc) is 2.75. The normalized spacial score (nSPS) is 16.0. The van der Waals surface area contributed by atoms with E-state index < -0.39 is 22.8 Å². The Kier molecular flexibility index (Phi) is 4.34. The lowest BCUT2D eigenvalue weighted by Crippen LogP contribution is -2.37. The topological polar surface area (TPSA) is 111 Å². The minimum Gasteiger partial charge on any atom is -0.483 e. The number of amides is 2. The molecule has 1 atom stereocenters. The van der Waals surface area contributed by atoms with E-state index in [1.54, 1.807) is 12.1 Å². The van der Waals surface area contributed by atoms with Crippen LogP contribution in [0.5, 0.6) is 5.75 Å². The fourth-order valence-corrected chi connectivity index (χ4v) is 2.61. The Labute approximate surface area is 142 Å². The van der Waals surface area contributed by atoms with E-state index in [1.165, 1.54) is 24.3 Å². The Morgan fingerprint density at radius 2 is 2.00 bits per heavy atom. The number of nitrogens with one attached hydrogen (secondary N) is 2. The SMILES string of the molecule is Cc1cccc2c1OCC(=O)NC2C(=O)Nc1ccc([N+](=O)[O-])cc1. The third-order valence-electron chi connectivity index (χ3n) is 3.81. The van der Waals surface area contributed by atoms with E-state index >= 15 is 0 Å². The highest BCUT2D eigenvalue weighted by Gasteiger charge is 2.29. The number of ether oxygens (including phenoxy) is 1. The number of fused-ring (bicyclic) bond motifs is 1. The summed E-state index contributed by atoms with van der Waals surface area (Å²) < 4.78 is 5.50. The van der Waals surface area contributed by atoms with E-state index in [0.29, 0.717) is 17.0 Å². The number of benzene rings is 2. The molecule has 25 heavy (non-hydrogen) atoms. The summed E-state index contributed by atoms with van der Waals surface area (Å²) in [6.07, 6.45) is 0. The van der Waals surface area contributed by atoms with Crippen molar-refractivity contribution in [3.05, 3.63) is 63.7 Å². The largest absolute Gasteiger partial charge is 0.483 e. The van der Waals surface area contributed by atoms with Gasteiger partial charge in [-0.3, -0.25) is 19.7 Å². The Bertz CT molecular complexity index is 848. The zero-order valence-corrected chi connectivity index (χ0v) is 13.3. The quantitative estimate of drug-likeness (QED) is 0.656. The molecule has 1 aliphatic heterocycles.